The van der Waals surface area contributed by atoms with Gasteiger partial charge in [-0.05, 0) is 18.2 Å². The van der Waals surface area contributed by atoms with Gasteiger partial charge in [-0.15, -0.1) is 0 Å². The Hall–Kier alpha value is -1.54. The van der Waals surface area contributed by atoms with E-state index in [1.807, 2.05) is 0 Å². The molecule has 3 N–H and O–H groups in total. The van der Waals surface area contributed by atoms with Crippen LogP contribution in [0.15, 0.2) is 24.4 Å². The molecule has 1 atom stereocenters. The fraction of sp³-hybridized carbons (Fsp3) is 0.308. The number of hydrogen-bond acceptors (Lipinski definition) is 4. The normalized spacial score (nSPS) is 12.6. The van der Waals surface area contributed by atoms with Gasteiger partial charge < -0.3 is 4.74 Å². The molecule has 2 aromatic rings. The number of nitrogens with one attached hydrogen (secondary N) is 1. The zero-order valence-corrected chi connectivity index (χ0v) is 12.1. The predicted octanol–water partition coefficient (Wildman–Crippen LogP) is 2.01. The van der Waals surface area contributed by atoms with E-state index in [2.05, 4.69) is 10.5 Å². The van der Waals surface area contributed by atoms with Crippen LogP contribution in [0.1, 0.15) is 17.3 Å². The summed E-state index contributed by atoms with van der Waals surface area (Å²) in [5, 5.41) is 4.40. The zero-order chi connectivity index (χ0) is 15.4. The van der Waals surface area contributed by atoms with E-state index in [0.717, 1.165) is 18.2 Å². The summed E-state index contributed by atoms with van der Waals surface area (Å²) < 4.78 is 33.9. The molecule has 0 spiro atoms. The van der Waals surface area contributed by atoms with Crippen LogP contribution in [0.3, 0.4) is 0 Å². The molecule has 0 fully saturated rings. The van der Waals surface area contributed by atoms with Gasteiger partial charge in [-0.1, -0.05) is 11.6 Å². The molecule has 114 valence electrons. The Balaban J connectivity index is 2.46. The van der Waals surface area contributed by atoms with Crippen molar-refractivity contribution in [3.8, 4) is 0 Å². The van der Waals surface area contributed by atoms with E-state index in [0.29, 0.717) is 23.9 Å². The summed E-state index contributed by atoms with van der Waals surface area (Å²) in [6, 6.07) is 2.33. The van der Waals surface area contributed by atoms with Crippen molar-refractivity contribution in [1.82, 2.24) is 15.2 Å². The van der Waals surface area contributed by atoms with Gasteiger partial charge in [0.15, 0.2) is 0 Å². The fourth-order valence-electron chi connectivity index (χ4n) is 2.07. The summed E-state index contributed by atoms with van der Waals surface area (Å²) in [4.78, 5) is 0. The van der Waals surface area contributed by atoms with Crippen LogP contribution in [0, 0.1) is 11.6 Å². The monoisotopic (exact) mass is 316 g/mol. The number of rotatable bonds is 6. The Morgan fingerprint density at radius 2 is 2.24 bits per heavy atom. The summed E-state index contributed by atoms with van der Waals surface area (Å²) in [6.45, 7) is 0.807. The Kier molecular flexibility index (Phi) is 5.24. The van der Waals surface area contributed by atoms with Crippen LogP contribution in [0.25, 0.3) is 0 Å². The van der Waals surface area contributed by atoms with Gasteiger partial charge in [0.05, 0.1) is 36.1 Å². The average molecular weight is 317 g/mol. The molecule has 1 unspecified atom stereocenters. The summed E-state index contributed by atoms with van der Waals surface area (Å²) in [6.07, 6.45) is 1.42. The second kappa shape index (κ2) is 6.95. The van der Waals surface area contributed by atoms with Gasteiger partial charge in [-0.3, -0.25) is 10.5 Å². The van der Waals surface area contributed by atoms with Gasteiger partial charge in [0.1, 0.15) is 11.6 Å². The fourth-order valence-corrected chi connectivity index (χ4v) is 2.32. The second-order valence-electron chi connectivity index (χ2n) is 4.36. The van der Waals surface area contributed by atoms with E-state index in [9.17, 15) is 8.78 Å². The molecule has 21 heavy (non-hydrogen) atoms. The largest absolute Gasteiger partial charge is 0.383 e. The Morgan fingerprint density at radius 1 is 1.48 bits per heavy atom. The van der Waals surface area contributed by atoms with Crippen LogP contribution >= 0.6 is 11.6 Å². The number of halogens is 3. The van der Waals surface area contributed by atoms with E-state index in [4.69, 9.17) is 22.2 Å². The topological polar surface area (TPSA) is 65.1 Å². The van der Waals surface area contributed by atoms with E-state index < -0.39 is 17.7 Å². The number of benzene rings is 1. The number of hydrazine groups is 1. The maximum atomic E-state index is 14.0. The molecule has 0 aliphatic rings. The van der Waals surface area contributed by atoms with Crippen LogP contribution < -0.4 is 11.3 Å². The quantitative estimate of drug-likeness (QED) is 0.632. The minimum Gasteiger partial charge on any atom is -0.383 e. The van der Waals surface area contributed by atoms with Gasteiger partial charge in [0.25, 0.3) is 0 Å². The van der Waals surface area contributed by atoms with E-state index >= 15 is 0 Å². The van der Waals surface area contributed by atoms with E-state index in [-0.39, 0.29) is 5.56 Å². The molecule has 1 aromatic heterocycles. The highest BCUT2D eigenvalue weighted by molar-refractivity contribution is 6.31. The van der Waals surface area contributed by atoms with Crippen molar-refractivity contribution < 1.29 is 13.5 Å². The summed E-state index contributed by atoms with van der Waals surface area (Å²) >= 11 is 6.10. The maximum Gasteiger partial charge on any atom is 0.128 e. The number of ether oxygens (including phenoxy) is 1. The first-order chi connectivity index (χ1) is 10.1. The molecular weight excluding hydrogens is 302 g/mol. The molecule has 0 aliphatic carbocycles. The summed E-state index contributed by atoms with van der Waals surface area (Å²) in [7, 11) is 1.55. The van der Waals surface area contributed by atoms with Gasteiger partial charge in [0, 0.05) is 12.7 Å². The Labute approximate surface area is 125 Å². The molecule has 0 radical (unpaired) electrons. The second-order valence-corrected chi connectivity index (χ2v) is 4.77. The molecule has 8 heteroatoms. The number of nitrogens with zero attached hydrogens (tertiary/aromatic N) is 2. The summed E-state index contributed by atoms with van der Waals surface area (Å²) in [5.41, 5.74) is 2.95. The van der Waals surface area contributed by atoms with Crippen molar-refractivity contribution in [2.24, 2.45) is 5.84 Å². The molecule has 0 amide bonds. The third-order valence-electron chi connectivity index (χ3n) is 3.05. The zero-order valence-electron chi connectivity index (χ0n) is 11.3. The number of nitrogens with two attached hydrogens (primary N) is 1. The molecule has 1 heterocycles. The first kappa shape index (κ1) is 15.8. The first-order valence-electron chi connectivity index (χ1n) is 6.19. The lowest BCUT2D eigenvalue weighted by Gasteiger charge is -2.19. The van der Waals surface area contributed by atoms with Crippen LogP contribution in [0.5, 0.6) is 0 Å². The van der Waals surface area contributed by atoms with Crippen LogP contribution in [-0.4, -0.2) is 23.5 Å². The molecule has 0 bridgehead atoms. The summed E-state index contributed by atoms with van der Waals surface area (Å²) in [5.74, 6) is 4.36. The minimum absolute atomic E-state index is 0.0542. The molecule has 0 saturated heterocycles. The first-order valence-corrected chi connectivity index (χ1v) is 6.57. The van der Waals surface area contributed by atoms with Gasteiger partial charge in [-0.25, -0.2) is 14.2 Å². The number of hydrogen-bond donors (Lipinski definition) is 2. The minimum atomic E-state index is -0.826. The van der Waals surface area contributed by atoms with Crippen LogP contribution in [-0.2, 0) is 11.3 Å². The van der Waals surface area contributed by atoms with Crippen LogP contribution in [0.2, 0.25) is 5.02 Å². The van der Waals surface area contributed by atoms with Crippen molar-refractivity contribution >= 4 is 11.6 Å². The molecule has 1 aromatic carbocycles. The molecule has 0 aliphatic heterocycles. The van der Waals surface area contributed by atoms with Crippen molar-refractivity contribution in [1.29, 1.82) is 0 Å². The maximum absolute atomic E-state index is 14.0. The van der Waals surface area contributed by atoms with Crippen molar-refractivity contribution in [2.45, 2.75) is 12.6 Å². The van der Waals surface area contributed by atoms with Gasteiger partial charge in [-0.2, -0.15) is 5.10 Å². The smallest absolute Gasteiger partial charge is 0.128 e. The standard InChI is InChI=1S/C13H15ClF2N4O/c1-21-5-4-20-13(10(14)7-18-20)12(19-17)9-6-8(15)2-3-11(9)16/h2-3,6-7,12,19H,4-5,17H2,1H3. The SMILES string of the molecule is COCCn1ncc(Cl)c1C(NN)c1cc(F)ccc1F. The Bertz CT molecular complexity index is 620. The van der Waals surface area contributed by atoms with Crippen molar-refractivity contribution in [3.63, 3.8) is 0 Å². The van der Waals surface area contributed by atoms with E-state index in [1.54, 1.807) is 11.8 Å². The third kappa shape index (κ3) is 3.38. The van der Waals surface area contributed by atoms with Crippen LogP contribution in [0.4, 0.5) is 8.78 Å². The van der Waals surface area contributed by atoms with E-state index in [1.165, 1.54) is 6.20 Å². The highest BCUT2D eigenvalue weighted by atomic mass is 35.5. The van der Waals surface area contributed by atoms with Crippen molar-refractivity contribution in [2.75, 3.05) is 13.7 Å². The average Bonchev–Trinajstić information content (AvgIpc) is 2.83. The molecule has 0 saturated carbocycles. The molecular formula is C13H15ClF2N4O. The lowest BCUT2D eigenvalue weighted by atomic mass is 10.0. The lowest BCUT2D eigenvalue weighted by molar-refractivity contribution is 0.182. The number of aromatic nitrogens is 2. The lowest BCUT2D eigenvalue weighted by Crippen LogP contribution is -2.32. The Morgan fingerprint density at radius 3 is 2.90 bits per heavy atom. The third-order valence-corrected chi connectivity index (χ3v) is 3.34. The van der Waals surface area contributed by atoms with Crippen molar-refractivity contribution in [3.05, 3.63) is 52.3 Å². The van der Waals surface area contributed by atoms with Gasteiger partial charge in [0.2, 0.25) is 0 Å². The highest BCUT2D eigenvalue weighted by Gasteiger charge is 2.24. The highest BCUT2D eigenvalue weighted by Crippen LogP contribution is 2.29. The predicted molar refractivity (Wildman–Crippen MR) is 74.6 cm³/mol. The number of methoxy groups -OCH3 is 1. The van der Waals surface area contributed by atoms with Gasteiger partial charge >= 0.3 is 0 Å². The molecule has 5 nitrogen and oxygen atoms in total. The molecule has 2 rings (SSSR count).